The van der Waals surface area contributed by atoms with E-state index in [1.807, 2.05) is 47.1 Å². The summed E-state index contributed by atoms with van der Waals surface area (Å²) in [6, 6.07) is 16.2. The monoisotopic (exact) mass is 391 g/mol. The van der Waals surface area contributed by atoms with E-state index in [1.54, 1.807) is 0 Å². The smallest absolute Gasteiger partial charge is 0.253 e. The number of nitrogens with zero attached hydrogens (tertiary/aromatic N) is 3. The maximum atomic E-state index is 12.9. The SMILES string of the molecule is Cc1cccc(C(=O)N2CCCN(CC(=O)N3CCc4ccccc4C3)CC2)c1. The second-order valence-corrected chi connectivity index (χ2v) is 8.13. The zero-order valence-corrected chi connectivity index (χ0v) is 17.1. The van der Waals surface area contributed by atoms with E-state index in [4.69, 9.17) is 0 Å². The second-order valence-electron chi connectivity index (χ2n) is 8.13. The maximum absolute atomic E-state index is 12.9. The molecule has 2 aliphatic heterocycles. The Balaban J connectivity index is 1.32. The van der Waals surface area contributed by atoms with Gasteiger partial charge >= 0.3 is 0 Å². The molecule has 2 aliphatic rings. The van der Waals surface area contributed by atoms with Gasteiger partial charge in [-0.25, -0.2) is 0 Å². The first-order valence-corrected chi connectivity index (χ1v) is 10.5. The van der Waals surface area contributed by atoms with Crippen LogP contribution in [-0.4, -0.2) is 65.8 Å². The van der Waals surface area contributed by atoms with Crippen LogP contribution in [0, 0.1) is 6.92 Å². The van der Waals surface area contributed by atoms with Crippen molar-refractivity contribution in [2.75, 3.05) is 39.3 Å². The summed E-state index contributed by atoms with van der Waals surface area (Å²) in [6.07, 6.45) is 1.83. The Kier molecular flexibility index (Phi) is 5.95. The zero-order chi connectivity index (χ0) is 20.2. The molecule has 0 spiro atoms. The third kappa shape index (κ3) is 4.67. The van der Waals surface area contributed by atoms with Gasteiger partial charge in [-0.2, -0.15) is 0 Å². The Labute approximate surface area is 172 Å². The zero-order valence-electron chi connectivity index (χ0n) is 17.1. The Morgan fingerprint density at radius 1 is 0.862 bits per heavy atom. The van der Waals surface area contributed by atoms with Gasteiger partial charge in [0.05, 0.1) is 6.54 Å². The molecule has 0 radical (unpaired) electrons. The fourth-order valence-electron chi connectivity index (χ4n) is 4.29. The Morgan fingerprint density at radius 3 is 2.52 bits per heavy atom. The largest absolute Gasteiger partial charge is 0.337 e. The summed E-state index contributed by atoms with van der Waals surface area (Å²) in [5.41, 5.74) is 4.47. The molecule has 1 fully saturated rings. The predicted molar refractivity (Wildman–Crippen MR) is 114 cm³/mol. The number of aryl methyl sites for hydroxylation is 1. The van der Waals surface area contributed by atoms with Crippen LogP contribution in [0.4, 0.5) is 0 Å². The number of fused-ring (bicyclic) bond motifs is 1. The predicted octanol–water partition coefficient (Wildman–Crippen LogP) is 2.73. The average molecular weight is 392 g/mol. The van der Waals surface area contributed by atoms with Gasteiger partial charge in [0, 0.05) is 44.8 Å². The van der Waals surface area contributed by atoms with Crippen LogP contribution in [0.2, 0.25) is 0 Å². The van der Waals surface area contributed by atoms with E-state index in [1.165, 1.54) is 11.1 Å². The fraction of sp³-hybridized carbons (Fsp3) is 0.417. The van der Waals surface area contributed by atoms with E-state index < -0.39 is 0 Å². The van der Waals surface area contributed by atoms with Crippen molar-refractivity contribution in [3.8, 4) is 0 Å². The molecule has 2 heterocycles. The highest BCUT2D eigenvalue weighted by atomic mass is 16.2. The molecule has 1 saturated heterocycles. The topological polar surface area (TPSA) is 43.9 Å². The molecular formula is C24H29N3O2. The molecule has 2 amide bonds. The van der Waals surface area contributed by atoms with Gasteiger partial charge in [0.25, 0.3) is 5.91 Å². The minimum absolute atomic E-state index is 0.0921. The van der Waals surface area contributed by atoms with Gasteiger partial charge in [0.15, 0.2) is 0 Å². The lowest BCUT2D eigenvalue weighted by molar-refractivity contribution is -0.133. The van der Waals surface area contributed by atoms with Gasteiger partial charge in [0.2, 0.25) is 5.91 Å². The Hall–Kier alpha value is -2.66. The van der Waals surface area contributed by atoms with E-state index in [-0.39, 0.29) is 11.8 Å². The van der Waals surface area contributed by atoms with Crippen LogP contribution in [0.3, 0.4) is 0 Å². The first kappa shape index (κ1) is 19.6. The van der Waals surface area contributed by atoms with Crippen molar-refractivity contribution in [1.29, 1.82) is 0 Å². The molecule has 5 heteroatoms. The first-order chi connectivity index (χ1) is 14.1. The molecule has 4 rings (SSSR count). The second kappa shape index (κ2) is 8.78. The van der Waals surface area contributed by atoms with Gasteiger partial charge < -0.3 is 9.80 Å². The van der Waals surface area contributed by atoms with E-state index in [0.29, 0.717) is 19.6 Å². The van der Waals surface area contributed by atoms with Crippen LogP contribution < -0.4 is 0 Å². The molecule has 0 N–H and O–H groups in total. The molecule has 0 atom stereocenters. The minimum Gasteiger partial charge on any atom is -0.337 e. The van der Waals surface area contributed by atoms with E-state index >= 15 is 0 Å². The molecular weight excluding hydrogens is 362 g/mol. The highest BCUT2D eigenvalue weighted by Crippen LogP contribution is 2.19. The van der Waals surface area contributed by atoms with Crippen molar-refractivity contribution in [2.24, 2.45) is 0 Å². The van der Waals surface area contributed by atoms with Crippen LogP contribution in [0.5, 0.6) is 0 Å². The van der Waals surface area contributed by atoms with E-state index in [0.717, 1.165) is 50.1 Å². The minimum atomic E-state index is 0.0921. The fourth-order valence-corrected chi connectivity index (χ4v) is 4.29. The van der Waals surface area contributed by atoms with Crippen molar-refractivity contribution in [3.63, 3.8) is 0 Å². The number of benzene rings is 2. The lowest BCUT2D eigenvalue weighted by atomic mass is 10.00. The number of rotatable bonds is 3. The number of carbonyl (C=O) groups is 2. The van der Waals surface area contributed by atoms with Crippen LogP contribution >= 0.6 is 0 Å². The summed E-state index contributed by atoms with van der Waals surface area (Å²) >= 11 is 0. The van der Waals surface area contributed by atoms with Crippen LogP contribution in [0.25, 0.3) is 0 Å². The number of hydrogen-bond donors (Lipinski definition) is 0. The van der Waals surface area contributed by atoms with Crippen molar-refractivity contribution in [3.05, 3.63) is 70.8 Å². The summed E-state index contributed by atoms with van der Waals surface area (Å²) < 4.78 is 0. The quantitative estimate of drug-likeness (QED) is 0.808. The number of carbonyl (C=O) groups excluding carboxylic acids is 2. The highest BCUT2D eigenvalue weighted by Gasteiger charge is 2.25. The van der Waals surface area contributed by atoms with Gasteiger partial charge in [-0.1, -0.05) is 42.0 Å². The van der Waals surface area contributed by atoms with Gasteiger partial charge in [0.1, 0.15) is 0 Å². The first-order valence-electron chi connectivity index (χ1n) is 10.5. The molecule has 0 aliphatic carbocycles. The molecule has 0 saturated carbocycles. The third-order valence-electron chi connectivity index (χ3n) is 5.98. The highest BCUT2D eigenvalue weighted by molar-refractivity contribution is 5.94. The Morgan fingerprint density at radius 2 is 1.69 bits per heavy atom. The Bertz CT molecular complexity index is 895. The van der Waals surface area contributed by atoms with E-state index in [2.05, 4.69) is 23.1 Å². The third-order valence-corrected chi connectivity index (χ3v) is 5.98. The number of amides is 2. The van der Waals surface area contributed by atoms with Gasteiger partial charge in [-0.15, -0.1) is 0 Å². The van der Waals surface area contributed by atoms with Crippen LogP contribution in [-0.2, 0) is 17.8 Å². The van der Waals surface area contributed by atoms with Gasteiger partial charge in [-0.3, -0.25) is 14.5 Å². The van der Waals surface area contributed by atoms with Crippen molar-refractivity contribution in [1.82, 2.24) is 14.7 Å². The molecule has 2 aromatic carbocycles. The summed E-state index contributed by atoms with van der Waals surface area (Å²) in [4.78, 5) is 31.8. The molecule has 0 unspecified atom stereocenters. The molecule has 5 nitrogen and oxygen atoms in total. The molecule has 2 aromatic rings. The molecule has 29 heavy (non-hydrogen) atoms. The van der Waals surface area contributed by atoms with Crippen molar-refractivity contribution < 1.29 is 9.59 Å². The van der Waals surface area contributed by atoms with E-state index in [9.17, 15) is 9.59 Å². The lowest BCUT2D eigenvalue weighted by Gasteiger charge is -2.31. The molecule has 0 aromatic heterocycles. The van der Waals surface area contributed by atoms with Crippen molar-refractivity contribution >= 4 is 11.8 Å². The van der Waals surface area contributed by atoms with Crippen molar-refractivity contribution in [2.45, 2.75) is 26.3 Å². The molecule has 0 bridgehead atoms. The summed E-state index contributed by atoms with van der Waals surface area (Å²) in [5, 5.41) is 0. The normalized spacial score (nSPS) is 17.6. The standard InChI is InChI=1S/C24H29N3O2/c1-19-6-4-9-21(16-19)24(29)26-12-5-11-25(14-15-26)18-23(28)27-13-10-20-7-2-3-8-22(20)17-27/h2-4,6-9,16H,5,10-15,17-18H2,1H3. The number of hydrogen-bond acceptors (Lipinski definition) is 3. The average Bonchev–Trinajstić information content (AvgIpc) is 2.98. The summed E-state index contributed by atoms with van der Waals surface area (Å²) in [7, 11) is 0. The summed E-state index contributed by atoms with van der Waals surface area (Å²) in [6.45, 7) is 6.96. The summed E-state index contributed by atoms with van der Waals surface area (Å²) in [5.74, 6) is 0.285. The lowest BCUT2D eigenvalue weighted by Crippen LogP contribution is -2.44. The molecule has 152 valence electrons. The van der Waals surface area contributed by atoms with Crippen LogP contribution in [0.1, 0.15) is 33.5 Å². The van der Waals surface area contributed by atoms with Crippen LogP contribution in [0.15, 0.2) is 48.5 Å². The maximum Gasteiger partial charge on any atom is 0.253 e. The van der Waals surface area contributed by atoms with Gasteiger partial charge in [-0.05, 0) is 43.0 Å².